The van der Waals surface area contributed by atoms with E-state index in [9.17, 15) is 5.11 Å². The van der Waals surface area contributed by atoms with Crippen LogP contribution in [0.5, 0.6) is 0 Å². The number of nitrogens with two attached hydrogens (primary N) is 1. The maximum absolute atomic E-state index is 9.63. The summed E-state index contributed by atoms with van der Waals surface area (Å²) in [5.41, 5.74) is 5.48. The predicted molar refractivity (Wildman–Crippen MR) is 93.9 cm³/mol. The Labute approximate surface area is 141 Å². The van der Waals surface area contributed by atoms with E-state index >= 15 is 0 Å². The van der Waals surface area contributed by atoms with Gasteiger partial charge in [-0.15, -0.1) is 0 Å². The molecule has 0 saturated heterocycles. The molecular formula is C18H37NO4. The van der Waals surface area contributed by atoms with E-state index in [1.165, 1.54) is 64.2 Å². The van der Waals surface area contributed by atoms with Gasteiger partial charge in [0.15, 0.2) is 0 Å². The molecule has 5 nitrogen and oxygen atoms in total. The zero-order valence-corrected chi connectivity index (χ0v) is 14.7. The van der Waals surface area contributed by atoms with Gasteiger partial charge < -0.3 is 15.9 Å². The molecule has 0 aromatic heterocycles. The van der Waals surface area contributed by atoms with Gasteiger partial charge in [-0.25, -0.2) is 10.1 Å². The van der Waals surface area contributed by atoms with Crippen molar-refractivity contribution >= 4 is 0 Å². The Balaban J connectivity index is 3.37. The number of allylic oxidation sites excluding steroid dienone is 1. The van der Waals surface area contributed by atoms with Crippen LogP contribution in [0.2, 0.25) is 0 Å². The maximum Gasteiger partial charge on any atom is 0.206 e. The molecule has 0 amide bonds. The molecular weight excluding hydrogens is 294 g/mol. The Kier molecular flexibility index (Phi) is 16.1. The van der Waals surface area contributed by atoms with Gasteiger partial charge in [0.25, 0.3) is 0 Å². The molecule has 3 atom stereocenters. The van der Waals surface area contributed by atoms with Crippen molar-refractivity contribution in [3.63, 3.8) is 0 Å². The van der Waals surface area contributed by atoms with Crippen molar-refractivity contribution in [2.45, 2.75) is 102 Å². The van der Waals surface area contributed by atoms with E-state index in [2.05, 4.69) is 11.8 Å². The summed E-state index contributed by atoms with van der Waals surface area (Å²) in [6.07, 6.45) is 16.1. The van der Waals surface area contributed by atoms with Crippen molar-refractivity contribution in [2.75, 3.05) is 0 Å². The molecule has 0 aliphatic carbocycles. The van der Waals surface area contributed by atoms with Gasteiger partial charge in [0.1, 0.15) is 0 Å². The Bertz CT molecular complexity index is 274. The average molecular weight is 331 g/mol. The lowest BCUT2D eigenvalue weighted by Crippen LogP contribution is -2.44. The highest BCUT2D eigenvalue weighted by Gasteiger charge is 2.21. The Morgan fingerprint density at radius 3 is 1.83 bits per heavy atom. The van der Waals surface area contributed by atoms with Crippen molar-refractivity contribution in [3.8, 4) is 0 Å². The van der Waals surface area contributed by atoms with E-state index in [4.69, 9.17) is 16.1 Å². The lowest BCUT2D eigenvalue weighted by Gasteiger charge is -2.18. The number of hydrogen-bond donors (Lipinski definition) is 4. The quantitative estimate of drug-likeness (QED) is 0.114. The van der Waals surface area contributed by atoms with Gasteiger partial charge >= 0.3 is 0 Å². The Morgan fingerprint density at radius 2 is 1.35 bits per heavy atom. The van der Waals surface area contributed by atoms with Gasteiger partial charge in [-0.2, -0.15) is 0 Å². The van der Waals surface area contributed by atoms with E-state index in [-0.39, 0.29) is 0 Å². The lowest BCUT2D eigenvalue weighted by molar-refractivity contribution is -0.342. The fraction of sp³-hybridized carbons (Fsp3) is 0.889. The van der Waals surface area contributed by atoms with Crippen molar-refractivity contribution in [2.24, 2.45) is 5.73 Å². The van der Waals surface area contributed by atoms with Gasteiger partial charge in [0.2, 0.25) is 6.29 Å². The summed E-state index contributed by atoms with van der Waals surface area (Å²) in [6, 6.07) is -1.05. The van der Waals surface area contributed by atoms with E-state index in [1.807, 2.05) is 6.08 Å². The van der Waals surface area contributed by atoms with E-state index < -0.39 is 18.4 Å². The normalized spacial score (nSPS) is 15.9. The molecule has 0 bridgehead atoms. The third kappa shape index (κ3) is 13.7. The molecule has 0 aliphatic heterocycles. The molecule has 0 saturated carbocycles. The van der Waals surface area contributed by atoms with Crippen LogP contribution in [0.25, 0.3) is 0 Å². The highest BCUT2D eigenvalue weighted by Crippen LogP contribution is 2.12. The second-order valence-corrected chi connectivity index (χ2v) is 6.32. The minimum atomic E-state index is -1.57. The standard InChI is InChI=1S/C18H37NO4/c1-2-3-4-5-6-7-8-9-10-11-12-13-14-15-16(20)17(19)18(21)23-22/h14-18,20-22H,2-13,19H2,1H3/b15-14+. The fourth-order valence-corrected chi connectivity index (χ4v) is 2.53. The zero-order chi connectivity index (χ0) is 17.3. The van der Waals surface area contributed by atoms with Crippen molar-refractivity contribution in [3.05, 3.63) is 12.2 Å². The Hall–Kier alpha value is -0.460. The number of aliphatic hydroxyl groups is 2. The van der Waals surface area contributed by atoms with Gasteiger partial charge in [0, 0.05) is 0 Å². The second-order valence-electron chi connectivity index (χ2n) is 6.32. The van der Waals surface area contributed by atoms with E-state index in [0.717, 1.165) is 12.8 Å². The van der Waals surface area contributed by atoms with Crippen LogP contribution in [-0.2, 0) is 4.89 Å². The van der Waals surface area contributed by atoms with E-state index in [0.29, 0.717) is 0 Å². The summed E-state index contributed by atoms with van der Waals surface area (Å²) < 4.78 is 0. The lowest BCUT2D eigenvalue weighted by atomic mass is 10.0. The van der Waals surface area contributed by atoms with Crippen LogP contribution in [0.3, 0.4) is 0 Å². The molecule has 0 rings (SSSR count). The van der Waals surface area contributed by atoms with E-state index in [1.54, 1.807) is 6.08 Å². The zero-order valence-electron chi connectivity index (χ0n) is 14.7. The molecule has 0 heterocycles. The molecule has 5 heteroatoms. The number of rotatable bonds is 16. The SMILES string of the molecule is CCCCCCCCCCCCC/C=C/C(O)C(N)C(O)OO. The molecule has 0 aromatic carbocycles. The first-order chi connectivity index (χ1) is 11.1. The van der Waals surface area contributed by atoms with Crippen molar-refractivity contribution in [1.29, 1.82) is 0 Å². The van der Waals surface area contributed by atoms with Gasteiger partial charge in [-0.05, 0) is 12.8 Å². The topological polar surface area (TPSA) is 95.9 Å². The average Bonchev–Trinajstić information content (AvgIpc) is 2.57. The van der Waals surface area contributed by atoms with Crippen LogP contribution in [-0.4, -0.2) is 33.9 Å². The Morgan fingerprint density at radius 1 is 0.870 bits per heavy atom. The molecule has 0 spiro atoms. The number of hydrogen-bond acceptors (Lipinski definition) is 5. The summed E-state index contributed by atoms with van der Waals surface area (Å²) >= 11 is 0. The third-order valence-electron chi connectivity index (χ3n) is 4.14. The minimum Gasteiger partial charge on any atom is -0.387 e. The van der Waals surface area contributed by atoms with Crippen LogP contribution >= 0.6 is 0 Å². The van der Waals surface area contributed by atoms with Crippen LogP contribution in [0.4, 0.5) is 0 Å². The molecule has 0 fully saturated rings. The first-order valence-electron chi connectivity index (χ1n) is 9.22. The predicted octanol–water partition coefficient (Wildman–Crippen LogP) is 3.74. The summed E-state index contributed by atoms with van der Waals surface area (Å²) in [5, 5.41) is 27.0. The van der Waals surface area contributed by atoms with Crippen LogP contribution in [0, 0.1) is 0 Å². The summed E-state index contributed by atoms with van der Waals surface area (Å²) in [4.78, 5) is 3.69. The molecule has 3 unspecified atom stereocenters. The molecule has 0 aromatic rings. The number of aliphatic hydroxyl groups excluding tert-OH is 2. The summed E-state index contributed by atoms with van der Waals surface area (Å²) in [7, 11) is 0. The number of unbranched alkanes of at least 4 members (excludes halogenated alkanes) is 11. The highest BCUT2D eigenvalue weighted by molar-refractivity contribution is 4.94. The second kappa shape index (κ2) is 16.4. The first kappa shape index (κ1) is 22.5. The molecule has 23 heavy (non-hydrogen) atoms. The summed E-state index contributed by atoms with van der Waals surface area (Å²) in [5.74, 6) is 0. The third-order valence-corrected chi connectivity index (χ3v) is 4.14. The maximum atomic E-state index is 9.63. The molecule has 5 N–H and O–H groups in total. The van der Waals surface area contributed by atoms with Crippen LogP contribution in [0.1, 0.15) is 84.0 Å². The van der Waals surface area contributed by atoms with Crippen molar-refractivity contribution < 1.29 is 20.4 Å². The van der Waals surface area contributed by atoms with Crippen molar-refractivity contribution in [1.82, 2.24) is 0 Å². The van der Waals surface area contributed by atoms with Crippen LogP contribution in [0.15, 0.2) is 12.2 Å². The largest absolute Gasteiger partial charge is 0.387 e. The van der Waals surface area contributed by atoms with Gasteiger partial charge in [0.05, 0.1) is 12.1 Å². The monoisotopic (exact) mass is 331 g/mol. The van der Waals surface area contributed by atoms with Crippen LogP contribution < -0.4 is 5.73 Å². The molecule has 0 aliphatic rings. The first-order valence-corrected chi connectivity index (χ1v) is 9.22. The molecule has 138 valence electrons. The van der Waals surface area contributed by atoms with Gasteiger partial charge in [-0.3, -0.25) is 0 Å². The highest BCUT2D eigenvalue weighted by atomic mass is 17.1. The fourth-order valence-electron chi connectivity index (χ4n) is 2.53. The minimum absolute atomic E-state index is 0.886. The smallest absolute Gasteiger partial charge is 0.206 e. The summed E-state index contributed by atoms with van der Waals surface area (Å²) in [6.45, 7) is 2.25. The molecule has 0 radical (unpaired) electrons. The van der Waals surface area contributed by atoms with Gasteiger partial charge in [-0.1, -0.05) is 83.3 Å².